The summed E-state index contributed by atoms with van der Waals surface area (Å²) in [7, 11) is 1.57. The van der Waals surface area contributed by atoms with Gasteiger partial charge < -0.3 is 10.1 Å². The van der Waals surface area contributed by atoms with Crippen LogP contribution < -0.4 is 10.1 Å². The number of carbonyl (C=O) groups is 1. The molecule has 0 aromatic carbocycles. The van der Waals surface area contributed by atoms with Gasteiger partial charge in [0.15, 0.2) is 5.82 Å². The third kappa shape index (κ3) is 3.24. The van der Waals surface area contributed by atoms with E-state index in [0.29, 0.717) is 17.3 Å². The number of amides is 1. The van der Waals surface area contributed by atoms with E-state index < -0.39 is 0 Å². The Bertz CT molecular complexity index is 531. The second-order valence-corrected chi connectivity index (χ2v) is 3.52. The lowest BCUT2D eigenvalue weighted by Gasteiger charge is -2.04. The molecule has 0 fully saturated rings. The molecule has 1 amide bonds. The minimum absolute atomic E-state index is 0.160. The van der Waals surface area contributed by atoms with E-state index in [-0.39, 0.29) is 12.3 Å². The van der Waals surface area contributed by atoms with Crippen LogP contribution in [0.15, 0.2) is 36.7 Å². The number of aromatic nitrogens is 3. The van der Waals surface area contributed by atoms with Crippen LogP contribution in [0.3, 0.4) is 0 Å². The van der Waals surface area contributed by atoms with Crippen molar-refractivity contribution in [3.63, 3.8) is 0 Å². The Morgan fingerprint density at radius 3 is 3.00 bits per heavy atom. The molecule has 2 rings (SSSR count). The number of rotatable bonds is 4. The van der Waals surface area contributed by atoms with Crippen molar-refractivity contribution in [3.05, 3.63) is 42.4 Å². The average Bonchev–Trinajstić information content (AvgIpc) is 2.40. The molecule has 18 heavy (non-hydrogen) atoms. The van der Waals surface area contributed by atoms with Crippen molar-refractivity contribution in [2.45, 2.75) is 6.42 Å². The zero-order chi connectivity index (χ0) is 12.8. The summed E-state index contributed by atoms with van der Waals surface area (Å²) >= 11 is 0. The van der Waals surface area contributed by atoms with E-state index >= 15 is 0 Å². The van der Waals surface area contributed by atoms with Gasteiger partial charge in [0.25, 0.3) is 0 Å². The largest absolute Gasteiger partial charge is 0.497 e. The molecule has 2 aromatic rings. The number of hydrogen-bond donors (Lipinski definition) is 1. The van der Waals surface area contributed by atoms with E-state index in [0.717, 1.165) is 0 Å². The van der Waals surface area contributed by atoms with Crippen LogP contribution in [0.5, 0.6) is 5.75 Å². The van der Waals surface area contributed by atoms with Crippen molar-refractivity contribution >= 4 is 11.7 Å². The molecule has 0 spiro atoms. The summed E-state index contributed by atoms with van der Waals surface area (Å²) in [5.41, 5.74) is 0.635. The molecule has 0 bridgehead atoms. The second-order valence-electron chi connectivity index (χ2n) is 3.52. The predicted octanol–water partition coefficient (Wildman–Crippen LogP) is 1.06. The Labute approximate surface area is 104 Å². The number of ether oxygens (including phenoxy) is 1. The first-order valence-electron chi connectivity index (χ1n) is 5.34. The molecule has 0 unspecified atom stereocenters. The quantitative estimate of drug-likeness (QED) is 0.870. The standard InChI is InChI=1S/C12H12N4O2/c1-18-10-4-6-13-9(7-10)8-12(17)15-11-3-2-5-14-16-11/h2-7H,8H2,1H3,(H,15,16,17). The van der Waals surface area contributed by atoms with Gasteiger partial charge in [0.1, 0.15) is 5.75 Å². The highest BCUT2D eigenvalue weighted by Gasteiger charge is 2.06. The molecule has 0 atom stereocenters. The lowest BCUT2D eigenvalue weighted by molar-refractivity contribution is -0.115. The van der Waals surface area contributed by atoms with Gasteiger partial charge in [0.2, 0.25) is 5.91 Å². The van der Waals surface area contributed by atoms with Gasteiger partial charge in [-0.1, -0.05) is 0 Å². The van der Waals surface area contributed by atoms with Crippen LogP contribution in [0.25, 0.3) is 0 Å². The van der Waals surface area contributed by atoms with Crippen molar-refractivity contribution in [1.82, 2.24) is 15.2 Å². The maximum atomic E-state index is 11.7. The van der Waals surface area contributed by atoms with E-state index in [1.165, 1.54) is 0 Å². The number of nitrogens with zero attached hydrogens (tertiary/aromatic N) is 3. The summed E-state index contributed by atoms with van der Waals surface area (Å²) in [6.45, 7) is 0. The van der Waals surface area contributed by atoms with Gasteiger partial charge in [-0.05, 0) is 18.2 Å². The first-order valence-corrected chi connectivity index (χ1v) is 5.34. The smallest absolute Gasteiger partial charge is 0.231 e. The van der Waals surface area contributed by atoms with Crippen LogP contribution in [-0.4, -0.2) is 28.2 Å². The van der Waals surface area contributed by atoms with Crippen molar-refractivity contribution in [2.24, 2.45) is 0 Å². The molecule has 0 saturated heterocycles. The number of hydrogen-bond acceptors (Lipinski definition) is 5. The topological polar surface area (TPSA) is 77.0 Å². The fraction of sp³-hybridized carbons (Fsp3) is 0.167. The van der Waals surface area contributed by atoms with Crippen LogP contribution in [-0.2, 0) is 11.2 Å². The number of methoxy groups -OCH3 is 1. The SMILES string of the molecule is COc1ccnc(CC(=O)Nc2cccnn2)c1. The molecule has 1 N–H and O–H groups in total. The number of nitrogens with one attached hydrogen (secondary N) is 1. The molecule has 0 aliphatic heterocycles. The molecular weight excluding hydrogens is 232 g/mol. The summed E-state index contributed by atoms with van der Waals surface area (Å²) in [6, 6.07) is 6.82. The molecule has 2 heterocycles. The van der Waals surface area contributed by atoms with E-state index in [1.807, 2.05) is 0 Å². The molecule has 6 heteroatoms. The van der Waals surface area contributed by atoms with Crippen molar-refractivity contribution in [2.75, 3.05) is 12.4 Å². The van der Waals surface area contributed by atoms with Crippen molar-refractivity contribution in [1.29, 1.82) is 0 Å². The second kappa shape index (κ2) is 5.72. The Kier molecular flexibility index (Phi) is 3.80. The van der Waals surface area contributed by atoms with Crippen molar-refractivity contribution < 1.29 is 9.53 Å². The fourth-order valence-corrected chi connectivity index (χ4v) is 1.40. The predicted molar refractivity (Wildman–Crippen MR) is 65.2 cm³/mol. The summed E-state index contributed by atoms with van der Waals surface area (Å²) in [4.78, 5) is 15.8. The molecule has 0 aliphatic carbocycles. The van der Waals surface area contributed by atoms with Crippen LogP contribution >= 0.6 is 0 Å². The molecule has 2 aromatic heterocycles. The molecule has 0 radical (unpaired) electrons. The van der Waals surface area contributed by atoms with Gasteiger partial charge in [-0.25, -0.2) is 0 Å². The summed E-state index contributed by atoms with van der Waals surface area (Å²) in [5, 5.41) is 10.1. The maximum Gasteiger partial charge on any atom is 0.231 e. The van der Waals surface area contributed by atoms with E-state index in [4.69, 9.17) is 4.74 Å². The minimum atomic E-state index is -0.198. The average molecular weight is 244 g/mol. The molecule has 0 aliphatic rings. The van der Waals surface area contributed by atoms with Gasteiger partial charge in [-0.15, -0.1) is 5.10 Å². The minimum Gasteiger partial charge on any atom is -0.497 e. The maximum absolute atomic E-state index is 11.7. The first kappa shape index (κ1) is 12.0. The van der Waals surface area contributed by atoms with Gasteiger partial charge in [-0.2, -0.15) is 5.10 Å². The summed E-state index contributed by atoms with van der Waals surface area (Å²) in [5.74, 6) is 0.897. The lowest BCUT2D eigenvalue weighted by atomic mass is 10.2. The Hall–Kier alpha value is -2.50. The highest BCUT2D eigenvalue weighted by atomic mass is 16.5. The highest BCUT2D eigenvalue weighted by Crippen LogP contribution is 2.10. The first-order chi connectivity index (χ1) is 8.78. The molecule has 6 nitrogen and oxygen atoms in total. The molecule has 0 saturated carbocycles. The van der Waals surface area contributed by atoms with Crippen molar-refractivity contribution in [3.8, 4) is 5.75 Å². The highest BCUT2D eigenvalue weighted by molar-refractivity contribution is 5.91. The lowest BCUT2D eigenvalue weighted by Crippen LogP contribution is -2.16. The number of carbonyl (C=O) groups excluding carboxylic acids is 1. The van der Waals surface area contributed by atoms with Gasteiger partial charge in [0.05, 0.1) is 19.2 Å². The van der Waals surface area contributed by atoms with Gasteiger partial charge in [0, 0.05) is 18.5 Å². The van der Waals surface area contributed by atoms with E-state index in [1.54, 1.807) is 43.8 Å². The normalized spacial score (nSPS) is 9.83. The Morgan fingerprint density at radius 2 is 2.28 bits per heavy atom. The fourth-order valence-electron chi connectivity index (χ4n) is 1.40. The molecule has 92 valence electrons. The van der Waals surface area contributed by atoms with Gasteiger partial charge >= 0.3 is 0 Å². The number of pyridine rings is 1. The zero-order valence-corrected chi connectivity index (χ0v) is 9.83. The summed E-state index contributed by atoms with van der Waals surface area (Å²) in [6.07, 6.45) is 3.30. The molecular formula is C12H12N4O2. The number of anilines is 1. The van der Waals surface area contributed by atoms with E-state index in [2.05, 4.69) is 20.5 Å². The summed E-state index contributed by atoms with van der Waals surface area (Å²) < 4.78 is 5.06. The third-order valence-electron chi connectivity index (χ3n) is 2.21. The van der Waals surface area contributed by atoms with Crippen LogP contribution in [0.2, 0.25) is 0 Å². The van der Waals surface area contributed by atoms with Crippen LogP contribution in [0, 0.1) is 0 Å². The van der Waals surface area contributed by atoms with Gasteiger partial charge in [-0.3, -0.25) is 9.78 Å². The van der Waals surface area contributed by atoms with E-state index in [9.17, 15) is 4.79 Å². The van der Waals surface area contributed by atoms with Crippen LogP contribution in [0.1, 0.15) is 5.69 Å². The van der Waals surface area contributed by atoms with Crippen LogP contribution in [0.4, 0.5) is 5.82 Å². The Morgan fingerprint density at radius 1 is 1.39 bits per heavy atom. The monoisotopic (exact) mass is 244 g/mol. The Balaban J connectivity index is 1.99. The zero-order valence-electron chi connectivity index (χ0n) is 9.83. The third-order valence-corrected chi connectivity index (χ3v) is 2.21.